The molecule has 0 aromatic heterocycles. The third-order valence-corrected chi connectivity index (χ3v) is 3.23. The van der Waals surface area contributed by atoms with Gasteiger partial charge in [-0.2, -0.15) is 0 Å². The standard InChI is InChI=1S/C13H18O/c1-3-10-5-6-12(9-11(10)4-2)13(14)7-8-13/h5-6,9,14H,3-4,7-8H2,1-2H3. The van der Waals surface area contributed by atoms with Crippen molar-refractivity contribution in [1.82, 2.24) is 0 Å². The fraction of sp³-hybridized carbons (Fsp3) is 0.538. The van der Waals surface area contributed by atoms with Crippen molar-refractivity contribution in [2.75, 3.05) is 0 Å². The van der Waals surface area contributed by atoms with Gasteiger partial charge in [0.2, 0.25) is 0 Å². The van der Waals surface area contributed by atoms with Gasteiger partial charge in [0, 0.05) is 0 Å². The van der Waals surface area contributed by atoms with Crippen molar-refractivity contribution in [3.63, 3.8) is 0 Å². The van der Waals surface area contributed by atoms with E-state index in [0.717, 1.165) is 31.2 Å². The molecule has 1 aromatic rings. The molecule has 0 spiro atoms. The highest BCUT2D eigenvalue weighted by atomic mass is 16.3. The summed E-state index contributed by atoms with van der Waals surface area (Å²) in [6.07, 6.45) is 4.01. The molecule has 1 N–H and O–H groups in total. The molecule has 0 bridgehead atoms. The summed E-state index contributed by atoms with van der Waals surface area (Å²) in [6.45, 7) is 4.36. The lowest BCUT2D eigenvalue weighted by atomic mass is 9.97. The summed E-state index contributed by atoms with van der Waals surface area (Å²) in [5.74, 6) is 0. The van der Waals surface area contributed by atoms with E-state index >= 15 is 0 Å². The Labute approximate surface area is 85.8 Å². The Morgan fingerprint density at radius 2 is 1.79 bits per heavy atom. The summed E-state index contributed by atoms with van der Waals surface area (Å²) in [5, 5.41) is 9.98. The van der Waals surface area contributed by atoms with E-state index in [1.807, 2.05) is 0 Å². The van der Waals surface area contributed by atoms with Crippen LogP contribution in [0.2, 0.25) is 0 Å². The second kappa shape index (κ2) is 3.39. The lowest BCUT2D eigenvalue weighted by molar-refractivity contribution is 0.151. The van der Waals surface area contributed by atoms with Crippen molar-refractivity contribution >= 4 is 0 Å². The van der Waals surface area contributed by atoms with E-state index in [4.69, 9.17) is 0 Å². The lowest BCUT2D eigenvalue weighted by Gasteiger charge is -2.12. The summed E-state index contributed by atoms with van der Waals surface area (Å²) >= 11 is 0. The summed E-state index contributed by atoms with van der Waals surface area (Å²) < 4.78 is 0. The zero-order chi connectivity index (χ0) is 10.2. The van der Waals surface area contributed by atoms with Crippen molar-refractivity contribution in [3.05, 3.63) is 34.9 Å². The van der Waals surface area contributed by atoms with Crippen LogP contribution in [0.15, 0.2) is 18.2 Å². The normalized spacial score (nSPS) is 18.2. The van der Waals surface area contributed by atoms with Gasteiger partial charge in [-0.15, -0.1) is 0 Å². The smallest absolute Gasteiger partial charge is 0.0899 e. The van der Waals surface area contributed by atoms with E-state index in [9.17, 15) is 5.11 Å². The van der Waals surface area contributed by atoms with E-state index in [0.29, 0.717) is 0 Å². The third-order valence-electron chi connectivity index (χ3n) is 3.23. The number of rotatable bonds is 3. The molecule has 1 aromatic carbocycles. The van der Waals surface area contributed by atoms with Gasteiger partial charge in [0.1, 0.15) is 0 Å². The Hall–Kier alpha value is -0.820. The predicted octanol–water partition coefficient (Wildman–Crippen LogP) is 2.79. The number of aliphatic hydroxyl groups is 1. The van der Waals surface area contributed by atoms with Crippen LogP contribution >= 0.6 is 0 Å². The zero-order valence-electron chi connectivity index (χ0n) is 9.01. The molecule has 1 aliphatic carbocycles. The van der Waals surface area contributed by atoms with Crippen LogP contribution in [-0.2, 0) is 18.4 Å². The van der Waals surface area contributed by atoms with Crippen LogP contribution in [0.25, 0.3) is 0 Å². The van der Waals surface area contributed by atoms with Crippen LogP contribution in [0.1, 0.15) is 43.4 Å². The molecule has 1 heteroatoms. The number of hydrogen-bond donors (Lipinski definition) is 1. The molecule has 0 heterocycles. The highest BCUT2D eigenvalue weighted by Crippen LogP contribution is 2.45. The Bertz CT molecular complexity index is 337. The van der Waals surface area contributed by atoms with Crippen molar-refractivity contribution < 1.29 is 5.11 Å². The molecule has 0 radical (unpaired) electrons. The van der Waals surface area contributed by atoms with Gasteiger partial charge in [0.05, 0.1) is 5.60 Å². The summed E-state index contributed by atoms with van der Waals surface area (Å²) in [5.41, 5.74) is 3.45. The molecule has 1 saturated carbocycles. The maximum Gasteiger partial charge on any atom is 0.0899 e. The largest absolute Gasteiger partial charge is 0.385 e. The van der Waals surface area contributed by atoms with E-state index in [2.05, 4.69) is 32.0 Å². The fourth-order valence-corrected chi connectivity index (χ4v) is 2.00. The molecule has 1 aliphatic rings. The van der Waals surface area contributed by atoms with Gasteiger partial charge < -0.3 is 5.11 Å². The van der Waals surface area contributed by atoms with Crippen molar-refractivity contribution in [2.24, 2.45) is 0 Å². The summed E-state index contributed by atoms with van der Waals surface area (Å²) in [6, 6.07) is 6.45. The maximum atomic E-state index is 9.98. The molecule has 14 heavy (non-hydrogen) atoms. The molecule has 0 unspecified atom stereocenters. The lowest BCUT2D eigenvalue weighted by Crippen LogP contribution is -2.05. The minimum atomic E-state index is -0.476. The first-order valence-corrected chi connectivity index (χ1v) is 5.54. The number of benzene rings is 1. The molecule has 0 amide bonds. The second-order valence-electron chi connectivity index (χ2n) is 4.22. The van der Waals surface area contributed by atoms with Crippen LogP contribution in [0.3, 0.4) is 0 Å². The summed E-state index contributed by atoms with van der Waals surface area (Å²) in [4.78, 5) is 0. The second-order valence-corrected chi connectivity index (χ2v) is 4.22. The summed E-state index contributed by atoms with van der Waals surface area (Å²) in [7, 11) is 0. The third kappa shape index (κ3) is 1.57. The van der Waals surface area contributed by atoms with Gasteiger partial charge in [-0.05, 0) is 42.4 Å². The van der Waals surface area contributed by atoms with Crippen molar-refractivity contribution in [2.45, 2.75) is 45.1 Å². The average molecular weight is 190 g/mol. The molecule has 2 rings (SSSR count). The van der Waals surface area contributed by atoms with E-state index in [-0.39, 0.29) is 0 Å². The molecule has 0 saturated heterocycles. The van der Waals surface area contributed by atoms with Crippen LogP contribution in [0, 0.1) is 0 Å². The first-order valence-electron chi connectivity index (χ1n) is 5.54. The van der Waals surface area contributed by atoms with Crippen molar-refractivity contribution in [1.29, 1.82) is 0 Å². The Morgan fingerprint density at radius 3 is 2.29 bits per heavy atom. The van der Waals surface area contributed by atoms with Crippen LogP contribution in [-0.4, -0.2) is 5.11 Å². The first-order chi connectivity index (χ1) is 6.69. The van der Waals surface area contributed by atoms with Gasteiger partial charge >= 0.3 is 0 Å². The van der Waals surface area contributed by atoms with Gasteiger partial charge in [-0.1, -0.05) is 32.0 Å². The number of hydrogen-bond acceptors (Lipinski definition) is 1. The SMILES string of the molecule is CCc1ccc(C2(O)CC2)cc1CC. The van der Waals surface area contributed by atoms with Gasteiger partial charge in [-0.25, -0.2) is 0 Å². The maximum absolute atomic E-state index is 9.98. The minimum Gasteiger partial charge on any atom is -0.385 e. The van der Waals surface area contributed by atoms with E-state index in [1.54, 1.807) is 0 Å². The van der Waals surface area contributed by atoms with E-state index < -0.39 is 5.60 Å². The van der Waals surface area contributed by atoms with Crippen LogP contribution < -0.4 is 0 Å². The monoisotopic (exact) mass is 190 g/mol. The molecular formula is C13H18O. The predicted molar refractivity (Wildman–Crippen MR) is 58.3 cm³/mol. The number of aryl methyl sites for hydroxylation is 2. The van der Waals surface area contributed by atoms with Crippen LogP contribution in [0.5, 0.6) is 0 Å². The highest BCUT2D eigenvalue weighted by Gasteiger charge is 2.42. The molecule has 0 aliphatic heterocycles. The molecular weight excluding hydrogens is 172 g/mol. The Balaban J connectivity index is 2.36. The van der Waals surface area contributed by atoms with E-state index in [1.165, 1.54) is 11.1 Å². The zero-order valence-corrected chi connectivity index (χ0v) is 9.01. The minimum absolute atomic E-state index is 0.476. The topological polar surface area (TPSA) is 20.2 Å². The fourth-order valence-electron chi connectivity index (χ4n) is 2.00. The Kier molecular flexibility index (Phi) is 2.36. The molecule has 1 fully saturated rings. The Morgan fingerprint density at radius 1 is 1.14 bits per heavy atom. The van der Waals surface area contributed by atoms with Gasteiger partial charge in [-0.3, -0.25) is 0 Å². The van der Waals surface area contributed by atoms with Gasteiger partial charge in [0.25, 0.3) is 0 Å². The van der Waals surface area contributed by atoms with Crippen LogP contribution in [0.4, 0.5) is 0 Å². The molecule has 1 nitrogen and oxygen atoms in total. The average Bonchev–Trinajstić information content (AvgIpc) is 2.97. The molecule has 0 atom stereocenters. The van der Waals surface area contributed by atoms with Gasteiger partial charge in [0.15, 0.2) is 0 Å². The molecule has 76 valence electrons. The first kappa shape index (κ1) is 9.72. The van der Waals surface area contributed by atoms with Crippen molar-refractivity contribution in [3.8, 4) is 0 Å². The quantitative estimate of drug-likeness (QED) is 0.777. The highest BCUT2D eigenvalue weighted by molar-refractivity contribution is 5.37.